The van der Waals surface area contributed by atoms with Crippen molar-refractivity contribution in [1.82, 2.24) is 4.90 Å². The third kappa shape index (κ3) is 11.7. The number of benzene rings is 3. The van der Waals surface area contributed by atoms with Gasteiger partial charge in [-0.05, 0) is 41.5 Å². The molecule has 0 aliphatic carbocycles. The van der Waals surface area contributed by atoms with Crippen LogP contribution in [0.1, 0.15) is 42.9 Å². The summed E-state index contributed by atoms with van der Waals surface area (Å²) in [6, 6.07) is 27.6. The molecule has 0 aromatic heterocycles. The van der Waals surface area contributed by atoms with E-state index in [2.05, 4.69) is 10.0 Å². The lowest BCUT2D eigenvalue weighted by atomic mass is 9.97. The first-order valence-electron chi connectivity index (χ1n) is 15.7. The van der Waals surface area contributed by atoms with Crippen molar-refractivity contribution in [3.8, 4) is 0 Å². The molecule has 4 rings (SSSR count). The maximum Gasteiger partial charge on any atom is 0.410 e. The van der Waals surface area contributed by atoms with Crippen LogP contribution in [0.3, 0.4) is 0 Å². The summed E-state index contributed by atoms with van der Waals surface area (Å²) in [6.07, 6.45) is -2.35. The normalized spacial score (nSPS) is 20.5. The van der Waals surface area contributed by atoms with Crippen LogP contribution >= 0.6 is 0 Å². The fourth-order valence-corrected chi connectivity index (χ4v) is 5.23. The van der Waals surface area contributed by atoms with Crippen LogP contribution in [0.2, 0.25) is 0 Å². The van der Waals surface area contributed by atoms with Gasteiger partial charge in [0.05, 0.1) is 6.61 Å². The number of amides is 1. The van der Waals surface area contributed by atoms with E-state index in [0.717, 1.165) is 23.1 Å². The van der Waals surface area contributed by atoms with Crippen LogP contribution in [0.5, 0.6) is 0 Å². The van der Waals surface area contributed by atoms with Crippen molar-refractivity contribution in [2.75, 3.05) is 19.8 Å². The van der Waals surface area contributed by atoms with Gasteiger partial charge in [-0.15, -0.1) is 0 Å². The summed E-state index contributed by atoms with van der Waals surface area (Å²) in [5, 5.41) is 14.4. The molecule has 12 heteroatoms. The minimum atomic E-state index is -1.48. The summed E-state index contributed by atoms with van der Waals surface area (Å²) in [7, 11) is 0. The highest BCUT2D eigenvalue weighted by Crippen LogP contribution is 2.29. The molecule has 12 nitrogen and oxygen atoms in total. The quantitative estimate of drug-likeness (QED) is 0.0623. The summed E-state index contributed by atoms with van der Waals surface area (Å²) >= 11 is 0. The first-order valence-corrected chi connectivity index (χ1v) is 15.7. The van der Waals surface area contributed by atoms with E-state index in [1.54, 1.807) is 4.90 Å². The Morgan fingerprint density at radius 1 is 0.830 bits per heavy atom. The number of azide groups is 1. The van der Waals surface area contributed by atoms with Crippen molar-refractivity contribution in [3.05, 3.63) is 118 Å². The fourth-order valence-electron chi connectivity index (χ4n) is 5.23. The number of unbranched alkanes of at least 4 members (excludes halogenated alkanes) is 2. The number of aliphatic hydroxyl groups is 1. The fraction of sp³-hybridized carbons (Fsp3) is 0.429. The molecule has 0 spiro atoms. The Labute approximate surface area is 274 Å². The Morgan fingerprint density at radius 2 is 1.45 bits per heavy atom. The topological polar surface area (TPSA) is 153 Å². The molecule has 3 unspecified atom stereocenters. The molecule has 3 aromatic rings. The second-order valence-electron chi connectivity index (χ2n) is 11.2. The zero-order valence-electron chi connectivity index (χ0n) is 26.5. The molecule has 1 N–H and O–H groups in total. The largest absolute Gasteiger partial charge is 0.463 e. The van der Waals surface area contributed by atoms with Gasteiger partial charge in [-0.1, -0.05) is 96.1 Å². The van der Waals surface area contributed by atoms with Crippen LogP contribution in [0.25, 0.3) is 10.4 Å². The molecule has 3 aromatic carbocycles. The van der Waals surface area contributed by atoms with E-state index in [-0.39, 0.29) is 32.5 Å². The SMILES string of the molecule is CC(=O)OCC1O[C@@H](O)C(N=[N+]=[N-])C(OCc2ccccc2)[C@@H]1OCCCCCN(Cc1ccccc1)C(=O)OCc1ccccc1. The highest BCUT2D eigenvalue weighted by molar-refractivity contribution is 5.67. The third-order valence-electron chi connectivity index (χ3n) is 7.62. The number of hydrogen-bond acceptors (Lipinski definition) is 9. The van der Waals surface area contributed by atoms with Gasteiger partial charge in [-0.3, -0.25) is 4.79 Å². The van der Waals surface area contributed by atoms with Gasteiger partial charge in [-0.25, -0.2) is 4.79 Å². The molecule has 5 atom stereocenters. The van der Waals surface area contributed by atoms with Gasteiger partial charge in [0.15, 0.2) is 6.29 Å². The molecule has 0 saturated carbocycles. The molecular weight excluding hydrogens is 604 g/mol. The highest BCUT2D eigenvalue weighted by atomic mass is 16.7. The number of rotatable bonds is 17. The first-order chi connectivity index (χ1) is 22.9. The van der Waals surface area contributed by atoms with E-state index in [4.69, 9.17) is 23.7 Å². The van der Waals surface area contributed by atoms with Crippen LogP contribution in [0.4, 0.5) is 4.79 Å². The molecule has 1 saturated heterocycles. The Balaban J connectivity index is 1.35. The van der Waals surface area contributed by atoms with Gasteiger partial charge >= 0.3 is 12.1 Å². The van der Waals surface area contributed by atoms with Gasteiger partial charge in [-0.2, -0.15) is 0 Å². The van der Waals surface area contributed by atoms with Crippen LogP contribution in [0.15, 0.2) is 96.1 Å². The highest BCUT2D eigenvalue weighted by Gasteiger charge is 2.47. The van der Waals surface area contributed by atoms with Crippen molar-refractivity contribution in [3.63, 3.8) is 0 Å². The van der Waals surface area contributed by atoms with E-state index in [0.29, 0.717) is 25.9 Å². The number of carbonyl (C=O) groups is 2. The third-order valence-corrected chi connectivity index (χ3v) is 7.62. The smallest absolute Gasteiger partial charge is 0.410 e. The number of esters is 1. The molecule has 250 valence electrons. The van der Waals surface area contributed by atoms with Crippen LogP contribution in [0, 0.1) is 0 Å². The number of aliphatic hydroxyl groups excluding tert-OH is 1. The van der Waals surface area contributed by atoms with E-state index in [1.165, 1.54) is 6.92 Å². The zero-order valence-corrected chi connectivity index (χ0v) is 26.5. The van der Waals surface area contributed by atoms with Crippen molar-refractivity contribution in [2.24, 2.45) is 5.11 Å². The summed E-state index contributed by atoms with van der Waals surface area (Å²) in [5.74, 6) is -0.511. The van der Waals surface area contributed by atoms with Gasteiger partial charge in [0.2, 0.25) is 0 Å². The van der Waals surface area contributed by atoms with Crippen LogP contribution < -0.4 is 0 Å². The maximum atomic E-state index is 13.1. The molecule has 1 aliphatic heterocycles. The lowest BCUT2D eigenvalue weighted by Gasteiger charge is -2.43. The Kier molecular flexibility index (Phi) is 14.5. The molecule has 0 bridgehead atoms. The Morgan fingerprint density at radius 3 is 2.06 bits per heavy atom. The van der Waals surface area contributed by atoms with E-state index < -0.39 is 36.6 Å². The summed E-state index contributed by atoms with van der Waals surface area (Å²) in [6.45, 7) is 2.66. The van der Waals surface area contributed by atoms with Crippen LogP contribution in [-0.2, 0) is 48.2 Å². The van der Waals surface area contributed by atoms with Gasteiger partial charge in [0.25, 0.3) is 0 Å². The van der Waals surface area contributed by atoms with Gasteiger partial charge in [0.1, 0.15) is 37.6 Å². The summed E-state index contributed by atoms with van der Waals surface area (Å²) in [5.41, 5.74) is 12.0. The predicted octanol–water partition coefficient (Wildman–Crippen LogP) is 5.93. The molecule has 47 heavy (non-hydrogen) atoms. The second kappa shape index (κ2) is 19.3. The number of nitrogens with zero attached hydrogens (tertiary/aromatic N) is 4. The van der Waals surface area contributed by atoms with Crippen LogP contribution in [-0.4, -0.2) is 72.5 Å². The summed E-state index contributed by atoms with van der Waals surface area (Å²) in [4.78, 5) is 29.2. The number of carbonyl (C=O) groups excluding carboxylic acids is 2. The molecule has 0 radical (unpaired) electrons. The van der Waals surface area contributed by atoms with Gasteiger partial charge in [0, 0.05) is 31.5 Å². The van der Waals surface area contributed by atoms with Crippen molar-refractivity contribution in [1.29, 1.82) is 0 Å². The van der Waals surface area contributed by atoms with Gasteiger partial charge < -0.3 is 33.7 Å². The van der Waals surface area contributed by atoms with Crippen molar-refractivity contribution in [2.45, 2.75) is 76.6 Å². The number of hydrogen-bond donors (Lipinski definition) is 1. The Hall–Kier alpha value is -4.45. The number of ether oxygens (including phenoxy) is 5. The maximum absolute atomic E-state index is 13.1. The molecule has 1 aliphatic rings. The predicted molar refractivity (Wildman–Crippen MR) is 173 cm³/mol. The average molecular weight is 647 g/mol. The molecule has 1 heterocycles. The minimum Gasteiger partial charge on any atom is -0.463 e. The average Bonchev–Trinajstić information content (AvgIpc) is 3.09. The molecular formula is C35H42N4O8. The Bertz CT molecular complexity index is 1410. The summed E-state index contributed by atoms with van der Waals surface area (Å²) < 4.78 is 28.9. The molecule has 1 fully saturated rings. The lowest BCUT2D eigenvalue weighted by Crippen LogP contribution is -2.59. The van der Waals surface area contributed by atoms with E-state index in [9.17, 15) is 20.2 Å². The lowest BCUT2D eigenvalue weighted by molar-refractivity contribution is -0.269. The van der Waals surface area contributed by atoms with Crippen molar-refractivity contribution < 1.29 is 38.4 Å². The standard InChI is InChI=1S/C35H42N4O8/c1-26(40)44-25-30-32(33(31(37-38-36)34(41)47-30)45-23-28-16-8-3-9-17-28)43-21-13-5-12-20-39(22-27-14-6-2-7-15-27)35(42)46-24-29-18-10-4-11-19-29/h2-4,6-11,14-19,30-34,41H,5,12-13,20-25H2,1H3/t30?,31?,32-,33?,34-/m1/s1. The zero-order chi connectivity index (χ0) is 33.3. The minimum absolute atomic E-state index is 0.174. The molecule has 1 amide bonds. The second-order valence-corrected chi connectivity index (χ2v) is 11.2. The van der Waals surface area contributed by atoms with E-state index >= 15 is 0 Å². The monoisotopic (exact) mass is 646 g/mol. The van der Waals surface area contributed by atoms with Crippen molar-refractivity contribution >= 4 is 12.1 Å². The van der Waals surface area contributed by atoms with E-state index in [1.807, 2.05) is 91.0 Å². The first kappa shape index (κ1) is 35.4.